The number of aliphatic hydroxyl groups excluding tert-OH is 1. The lowest BCUT2D eigenvalue weighted by Crippen LogP contribution is -2.73. The van der Waals surface area contributed by atoms with E-state index in [2.05, 4.69) is 46.7 Å². The number of para-hydroxylation sites is 1. The maximum Gasteiger partial charge on any atom is 0.414 e. The summed E-state index contributed by atoms with van der Waals surface area (Å²) in [5, 5.41) is 23.7. The van der Waals surface area contributed by atoms with Crippen LogP contribution in [0.15, 0.2) is 35.6 Å². The molecule has 0 aromatic heterocycles. The first-order valence-corrected chi connectivity index (χ1v) is 13.9. The number of ether oxygens (including phenoxy) is 2. The van der Waals surface area contributed by atoms with E-state index in [9.17, 15) is 14.7 Å². The van der Waals surface area contributed by atoms with E-state index >= 15 is 0 Å². The summed E-state index contributed by atoms with van der Waals surface area (Å²) in [6, 6.07) is 3.59. The second-order valence-electron chi connectivity index (χ2n) is 10.9. The van der Waals surface area contributed by atoms with Gasteiger partial charge in [-0.05, 0) is 17.9 Å². The average molecular weight is 617 g/mol. The number of halogens is 3. The molecular weight excluding hydrogens is 585 g/mol. The van der Waals surface area contributed by atoms with Crippen molar-refractivity contribution >= 4 is 52.8 Å². The minimum Gasteiger partial charge on any atom is -0.492 e. The van der Waals surface area contributed by atoms with Gasteiger partial charge in [0.1, 0.15) is 18.5 Å². The number of fused-ring (bicyclic) bond motifs is 1. The zero-order valence-electron chi connectivity index (χ0n) is 22.0. The van der Waals surface area contributed by atoms with Gasteiger partial charge in [0, 0.05) is 18.7 Å². The van der Waals surface area contributed by atoms with Crippen molar-refractivity contribution < 1.29 is 24.2 Å². The lowest BCUT2D eigenvalue weighted by atomic mass is 9.79. The van der Waals surface area contributed by atoms with Gasteiger partial charge in [0.25, 0.3) is 5.91 Å². The van der Waals surface area contributed by atoms with Crippen LogP contribution in [0.5, 0.6) is 5.75 Å². The van der Waals surface area contributed by atoms with Crippen molar-refractivity contribution in [3.63, 3.8) is 0 Å². The molecule has 0 unspecified atom stereocenters. The van der Waals surface area contributed by atoms with Crippen LogP contribution in [-0.2, 0) is 10.2 Å². The molecule has 0 radical (unpaired) electrons. The molecule has 40 heavy (non-hydrogen) atoms. The van der Waals surface area contributed by atoms with Gasteiger partial charge in [-0.2, -0.15) is 0 Å². The number of alkyl halides is 3. The predicted molar refractivity (Wildman–Crippen MR) is 151 cm³/mol. The van der Waals surface area contributed by atoms with Gasteiger partial charge in [0.2, 0.25) is 9.75 Å². The molecule has 4 aliphatic rings. The third kappa shape index (κ3) is 5.00. The highest BCUT2D eigenvalue weighted by atomic mass is 35.6. The number of nitrogens with zero attached hydrogens (tertiary/aromatic N) is 2. The number of carbonyl (C=O) groups is 2. The normalized spacial score (nSPS) is 30.0. The van der Waals surface area contributed by atoms with E-state index in [0.29, 0.717) is 23.7 Å². The summed E-state index contributed by atoms with van der Waals surface area (Å²) < 4.78 is 9.14. The van der Waals surface area contributed by atoms with Gasteiger partial charge in [-0.25, -0.2) is 9.79 Å². The molecule has 12 nitrogen and oxygen atoms in total. The van der Waals surface area contributed by atoms with Crippen molar-refractivity contribution in [3.05, 3.63) is 41.7 Å². The van der Waals surface area contributed by atoms with Crippen molar-refractivity contribution in [2.45, 2.75) is 59.4 Å². The zero-order valence-corrected chi connectivity index (χ0v) is 24.2. The molecular formula is C25H32Cl3N7O5. The highest BCUT2D eigenvalue weighted by Crippen LogP contribution is 2.42. The van der Waals surface area contributed by atoms with E-state index < -0.39 is 52.3 Å². The number of amides is 2. The molecule has 4 heterocycles. The number of alkyl carbamates (subject to hydrolysis) is 1. The van der Waals surface area contributed by atoms with Gasteiger partial charge in [-0.15, -0.1) is 0 Å². The third-order valence-electron chi connectivity index (χ3n) is 7.84. The predicted octanol–water partition coefficient (Wildman–Crippen LogP) is 1.04. The molecule has 5 atom stereocenters. The van der Waals surface area contributed by atoms with Crippen LogP contribution in [0.4, 0.5) is 4.79 Å². The SMILES string of the molecule is C=C1N[C@H]2[C@H](CN)N=C(NC(=O)OCC(Cl)(Cl)Cl)N3C[C@H](NC(=O)c4cccc5c4OCCC5(C)C)[C@H](O)[C@]23N1. The molecule has 4 aliphatic heterocycles. The Kier molecular flexibility index (Phi) is 7.45. The van der Waals surface area contributed by atoms with Crippen LogP contribution in [0.1, 0.15) is 36.2 Å². The summed E-state index contributed by atoms with van der Waals surface area (Å²) in [5.41, 5.74) is 5.96. The Labute approximate surface area is 246 Å². The van der Waals surface area contributed by atoms with Gasteiger partial charge >= 0.3 is 6.09 Å². The van der Waals surface area contributed by atoms with Crippen molar-refractivity contribution in [1.29, 1.82) is 0 Å². The number of aliphatic imine (C=N–C) groups is 1. The van der Waals surface area contributed by atoms with E-state index in [0.717, 1.165) is 12.0 Å². The van der Waals surface area contributed by atoms with E-state index in [1.165, 1.54) is 0 Å². The largest absolute Gasteiger partial charge is 0.492 e. The molecule has 7 N–H and O–H groups in total. The van der Waals surface area contributed by atoms with Crippen LogP contribution in [-0.4, -0.2) is 88.0 Å². The lowest BCUT2D eigenvalue weighted by molar-refractivity contribution is 0.0119. The number of rotatable bonds is 4. The van der Waals surface area contributed by atoms with Crippen LogP contribution >= 0.6 is 34.8 Å². The molecule has 0 saturated carbocycles. The average Bonchev–Trinajstić information content (AvgIpc) is 3.37. The van der Waals surface area contributed by atoms with Crippen molar-refractivity contribution in [2.24, 2.45) is 10.7 Å². The number of nitrogens with two attached hydrogens (primary N) is 1. The van der Waals surface area contributed by atoms with Gasteiger partial charge in [0.15, 0.2) is 5.66 Å². The number of benzene rings is 1. The molecule has 218 valence electrons. The van der Waals surface area contributed by atoms with Gasteiger partial charge < -0.3 is 41.2 Å². The number of carbonyl (C=O) groups excluding carboxylic acids is 2. The number of nitrogens with one attached hydrogen (secondary N) is 4. The zero-order chi connectivity index (χ0) is 29.0. The molecule has 5 rings (SSSR count). The first-order valence-electron chi connectivity index (χ1n) is 12.8. The summed E-state index contributed by atoms with van der Waals surface area (Å²) in [6.45, 7) is 8.34. The molecule has 1 spiro atoms. The number of aliphatic hydroxyl groups is 1. The van der Waals surface area contributed by atoms with Crippen molar-refractivity contribution in [1.82, 2.24) is 26.2 Å². The Morgan fingerprint density at radius 2 is 2.12 bits per heavy atom. The highest BCUT2D eigenvalue weighted by Gasteiger charge is 2.66. The molecule has 2 saturated heterocycles. The summed E-state index contributed by atoms with van der Waals surface area (Å²) in [5.74, 6) is 0.640. The smallest absolute Gasteiger partial charge is 0.414 e. The van der Waals surface area contributed by atoms with Gasteiger partial charge in [0.05, 0.1) is 36.1 Å². The Bertz CT molecular complexity index is 1260. The van der Waals surface area contributed by atoms with Gasteiger partial charge in [-0.1, -0.05) is 67.4 Å². The number of guanidine groups is 1. The minimum atomic E-state index is -1.80. The second-order valence-corrected chi connectivity index (χ2v) is 13.4. The highest BCUT2D eigenvalue weighted by molar-refractivity contribution is 6.67. The van der Waals surface area contributed by atoms with Gasteiger partial charge in [-0.3, -0.25) is 10.1 Å². The van der Waals surface area contributed by atoms with Crippen LogP contribution in [0.3, 0.4) is 0 Å². The first-order chi connectivity index (χ1) is 18.8. The molecule has 1 aromatic carbocycles. The quantitative estimate of drug-likeness (QED) is 0.272. The lowest BCUT2D eigenvalue weighted by Gasteiger charge is -2.47. The van der Waals surface area contributed by atoms with E-state index in [1.807, 2.05) is 12.1 Å². The van der Waals surface area contributed by atoms with E-state index in [4.69, 9.17) is 50.0 Å². The monoisotopic (exact) mass is 615 g/mol. The molecule has 0 aliphatic carbocycles. The molecule has 15 heteroatoms. The Hall–Kier alpha value is -2.64. The van der Waals surface area contributed by atoms with Crippen LogP contribution < -0.4 is 31.7 Å². The third-order valence-corrected chi connectivity index (χ3v) is 8.17. The van der Waals surface area contributed by atoms with Crippen molar-refractivity contribution in [2.75, 3.05) is 26.3 Å². The molecule has 2 fully saturated rings. The summed E-state index contributed by atoms with van der Waals surface area (Å²) in [4.78, 5) is 32.4. The van der Waals surface area contributed by atoms with Crippen LogP contribution in [0, 0.1) is 0 Å². The summed E-state index contributed by atoms with van der Waals surface area (Å²) in [6.07, 6.45) is -1.27. The Balaban J connectivity index is 1.43. The Morgan fingerprint density at radius 3 is 2.83 bits per heavy atom. The van der Waals surface area contributed by atoms with Crippen molar-refractivity contribution in [3.8, 4) is 5.75 Å². The van der Waals surface area contributed by atoms with E-state index in [1.54, 1.807) is 11.0 Å². The maximum absolute atomic E-state index is 13.6. The van der Waals surface area contributed by atoms with Crippen LogP contribution in [0.25, 0.3) is 0 Å². The number of hydrogen-bond donors (Lipinski definition) is 6. The fourth-order valence-corrected chi connectivity index (χ4v) is 6.06. The number of hydrogen-bond acceptors (Lipinski definition) is 10. The molecule has 2 amide bonds. The second kappa shape index (κ2) is 10.3. The summed E-state index contributed by atoms with van der Waals surface area (Å²) >= 11 is 17.1. The molecule has 0 bridgehead atoms. The fraction of sp³-hybridized carbons (Fsp3) is 0.560. The minimum absolute atomic E-state index is 0.0722. The topological polar surface area (TPSA) is 163 Å². The maximum atomic E-state index is 13.6. The molecule has 1 aromatic rings. The van der Waals surface area contributed by atoms with E-state index in [-0.39, 0.29) is 24.5 Å². The fourth-order valence-electron chi connectivity index (χ4n) is 5.89. The van der Waals surface area contributed by atoms with Crippen LogP contribution in [0.2, 0.25) is 0 Å². The standard InChI is InChI=1S/C25H32Cl3N7O5/c1-12-30-18-15(9-29)32-21(33-22(38)40-11-24(26,27)28)35-10-16(19(36)25(18,35)34-12)31-20(37)13-5-4-6-14-17(13)39-8-7-23(14,2)3/h4-6,15-16,18-19,30,34,36H,1,7-11,29H2,2-3H3,(H,31,37)(H,32,33,38)/t15-,16-,18-,19-,25-/m0/s1. The Morgan fingerprint density at radius 1 is 1.38 bits per heavy atom. The first kappa shape index (κ1) is 28.9. The summed E-state index contributed by atoms with van der Waals surface area (Å²) in [7, 11) is 0.